The van der Waals surface area contributed by atoms with Crippen molar-refractivity contribution in [3.8, 4) is 0 Å². The van der Waals surface area contributed by atoms with Gasteiger partial charge in [0.1, 0.15) is 19.3 Å². The Balaban J connectivity index is 3.43. The molecule has 0 radical (unpaired) electrons. The zero-order chi connectivity index (χ0) is 18.8. The third-order valence-electron chi connectivity index (χ3n) is 3.35. The summed E-state index contributed by atoms with van der Waals surface area (Å²) in [4.78, 5) is 23.0. The maximum atomic E-state index is 11.6. The average Bonchev–Trinajstić information content (AvgIpc) is 2.61. The van der Waals surface area contributed by atoms with E-state index in [1.165, 1.54) is 0 Å². The van der Waals surface area contributed by atoms with Gasteiger partial charge >= 0.3 is 0 Å². The first-order valence-corrected chi connectivity index (χ1v) is 8.84. The van der Waals surface area contributed by atoms with Crippen LogP contribution in [0.25, 0.3) is 0 Å². The average molecular weight is 362 g/mol. The Bertz CT molecular complexity index is 341. The SMILES string of the molecule is CCCCCNC(=O)COCCCNC(=O)COCC(COC)OC. The molecule has 1 atom stereocenters. The first-order valence-electron chi connectivity index (χ1n) is 8.84. The highest BCUT2D eigenvalue weighted by Crippen LogP contribution is 1.93. The van der Waals surface area contributed by atoms with Crippen molar-refractivity contribution < 1.29 is 28.5 Å². The molecule has 0 aromatic rings. The molecular formula is C17H34N2O6. The number of hydrogen-bond acceptors (Lipinski definition) is 6. The smallest absolute Gasteiger partial charge is 0.246 e. The zero-order valence-electron chi connectivity index (χ0n) is 15.8. The normalized spacial score (nSPS) is 12.0. The largest absolute Gasteiger partial charge is 0.382 e. The van der Waals surface area contributed by atoms with Gasteiger partial charge in [0.05, 0.1) is 13.2 Å². The molecule has 0 saturated heterocycles. The molecule has 0 spiro atoms. The van der Waals surface area contributed by atoms with Gasteiger partial charge in [-0.05, 0) is 12.8 Å². The fourth-order valence-electron chi connectivity index (χ4n) is 1.92. The maximum Gasteiger partial charge on any atom is 0.246 e. The molecule has 0 aromatic heterocycles. The molecule has 2 N–H and O–H groups in total. The fraction of sp³-hybridized carbons (Fsp3) is 0.882. The molecule has 8 nitrogen and oxygen atoms in total. The van der Waals surface area contributed by atoms with Crippen LogP contribution in [0.15, 0.2) is 0 Å². The molecule has 0 aromatic carbocycles. The van der Waals surface area contributed by atoms with E-state index in [-0.39, 0.29) is 31.1 Å². The number of nitrogens with one attached hydrogen (secondary N) is 2. The maximum absolute atomic E-state index is 11.6. The molecule has 0 aliphatic heterocycles. The molecule has 1 unspecified atom stereocenters. The molecule has 0 bridgehead atoms. The van der Waals surface area contributed by atoms with E-state index in [0.29, 0.717) is 39.3 Å². The number of amides is 2. The third-order valence-corrected chi connectivity index (χ3v) is 3.35. The van der Waals surface area contributed by atoms with Crippen LogP contribution in [0, 0.1) is 0 Å². The second kappa shape index (κ2) is 17.6. The van der Waals surface area contributed by atoms with Crippen LogP contribution in [0.4, 0.5) is 0 Å². The van der Waals surface area contributed by atoms with Crippen LogP contribution in [0.5, 0.6) is 0 Å². The Morgan fingerprint density at radius 2 is 1.52 bits per heavy atom. The number of methoxy groups -OCH3 is 2. The van der Waals surface area contributed by atoms with Crippen molar-refractivity contribution in [2.75, 3.05) is 60.3 Å². The predicted molar refractivity (Wildman–Crippen MR) is 94.5 cm³/mol. The Morgan fingerprint density at radius 1 is 0.880 bits per heavy atom. The summed E-state index contributed by atoms with van der Waals surface area (Å²) < 4.78 is 20.6. The van der Waals surface area contributed by atoms with Gasteiger partial charge in [-0.15, -0.1) is 0 Å². The monoisotopic (exact) mass is 362 g/mol. The second-order valence-electron chi connectivity index (χ2n) is 5.64. The first kappa shape index (κ1) is 23.8. The van der Waals surface area contributed by atoms with Crippen LogP contribution in [0.1, 0.15) is 32.6 Å². The van der Waals surface area contributed by atoms with E-state index in [9.17, 15) is 9.59 Å². The van der Waals surface area contributed by atoms with E-state index in [2.05, 4.69) is 17.6 Å². The van der Waals surface area contributed by atoms with Gasteiger partial charge in [-0.25, -0.2) is 0 Å². The van der Waals surface area contributed by atoms with Gasteiger partial charge in [-0.2, -0.15) is 0 Å². The highest BCUT2D eigenvalue weighted by Gasteiger charge is 2.08. The number of ether oxygens (including phenoxy) is 4. The van der Waals surface area contributed by atoms with Crippen LogP contribution < -0.4 is 10.6 Å². The number of rotatable bonds is 17. The molecule has 0 aliphatic carbocycles. The lowest BCUT2D eigenvalue weighted by molar-refractivity contribution is -0.128. The minimum Gasteiger partial charge on any atom is -0.382 e. The summed E-state index contributed by atoms with van der Waals surface area (Å²) in [7, 11) is 3.15. The van der Waals surface area contributed by atoms with Gasteiger partial charge in [-0.3, -0.25) is 9.59 Å². The van der Waals surface area contributed by atoms with E-state index in [4.69, 9.17) is 18.9 Å². The summed E-state index contributed by atoms with van der Waals surface area (Å²) >= 11 is 0. The minimum absolute atomic E-state index is 0.0232. The Hall–Kier alpha value is -1.22. The van der Waals surface area contributed by atoms with Gasteiger partial charge in [0.2, 0.25) is 11.8 Å². The number of unbranched alkanes of at least 4 members (excludes halogenated alkanes) is 2. The Labute approximate surface area is 150 Å². The van der Waals surface area contributed by atoms with Crippen molar-refractivity contribution in [2.24, 2.45) is 0 Å². The second-order valence-corrected chi connectivity index (χ2v) is 5.64. The summed E-state index contributed by atoms with van der Waals surface area (Å²) in [5.41, 5.74) is 0. The number of hydrogen-bond donors (Lipinski definition) is 2. The van der Waals surface area contributed by atoms with E-state index in [0.717, 1.165) is 19.3 Å². The fourth-order valence-corrected chi connectivity index (χ4v) is 1.92. The molecule has 0 fully saturated rings. The van der Waals surface area contributed by atoms with Gasteiger partial charge in [0.25, 0.3) is 0 Å². The van der Waals surface area contributed by atoms with Gasteiger partial charge in [0, 0.05) is 33.9 Å². The lowest BCUT2D eigenvalue weighted by atomic mass is 10.2. The summed E-state index contributed by atoms with van der Waals surface area (Å²) in [6, 6.07) is 0. The van der Waals surface area contributed by atoms with Crippen LogP contribution in [0.3, 0.4) is 0 Å². The van der Waals surface area contributed by atoms with Crippen LogP contribution in [-0.4, -0.2) is 78.3 Å². The van der Waals surface area contributed by atoms with E-state index >= 15 is 0 Å². The third kappa shape index (κ3) is 16.0. The van der Waals surface area contributed by atoms with Crippen molar-refractivity contribution in [1.82, 2.24) is 10.6 Å². The van der Waals surface area contributed by atoms with E-state index in [1.54, 1.807) is 14.2 Å². The van der Waals surface area contributed by atoms with Crippen molar-refractivity contribution in [3.63, 3.8) is 0 Å². The zero-order valence-corrected chi connectivity index (χ0v) is 15.8. The highest BCUT2D eigenvalue weighted by atomic mass is 16.5. The topological polar surface area (TPSA) is 95.1 Å². The number of carbonyl (C=O) groups excluding carboxylic acids is 2. The summed E-state index contributed by atoms with van der Waals surface area (Å²) in [5.74, 6) is -0.293. The quantitative estimate of drug-likeness (QED) is 0.366. The van der Waals surface area contributed by atoms with Crippen molar-refractivity contribution in [2.45, 2.75) is 38.7 Å². The summed E-state index contributed by atoms with van der Waals surface area (Å²) in [6.45, 7) is 4.46. The van der Waals surface area contributed by atoms with E-state index in [1.807, 2.05) is 0 Å². The molecule has 0 aliphatic rings. The molecule has 0 heterocycles. The van der Waals surface area contributed by atoms with Crippen molar-refractivity contribution >= 4 is 11.8 Å². The molecule has 8 heteroatoms. The van der Waals surface area contributed by atoms with Gasteiger partial charge in [0.15, 0.2) is 0 Å². The number of carbonyl (C=O) groups is 2. The summed E-state index contributed by atoms with van der Waals surface area (Å²) in [6.07, 6.45) is 3.69. The predicted octanol–water partition coefficient (Wildman–Crippen LogP) is 0.494. The van der Waals surface area contributed by atoms with Crippen molar-refractivity contribution in [1.29, 1.82) is 0 Å². The Morgan fingerprint density at radius 3 is 2.12 bits per heavy atom. The molecular weight excluding hydrogens is 328 g/mol. The minimum atomic E-state index is -0.194. The first-order chi connectivity index (χ1) is 12.1. The molecule has 2 amide bonds. The molecule has 0 rings (SSSR count). The van der Waals surface area contributed by atoms with Gasteiger partial charge < -0.3 is 29.6 Å². The molecule has 0 saturated carbocycles. The molecule has 25 heavy (non-hydrogen) atoms. The van der Waals surface area contributed by atoms with E-state index < -0.39 is 0 Å². The highest BCUT2D eigenvalue weighted by molar-refractivity contribution is 5.77. The standard InChI is InChI=1S/C17H34N2O6/c1-4-5-6-8-18-16(20)13-24-10-7-9-19-17(21)14-25-12-15(23-3)11-22-2/h15H,4-14H2,1-3H3,(H,18,20)(H,19,21). The molecule has 148 valence electrons. The van der Waals surface area contributed by atoms with Gasteiger partial charge in [-0.1, -0.05) is 19.8 Å². The lowest BCUT2D eigenvalue weighted by Crippen LogP contribution is -2.32. The summed E-state index contributed by atoms with van der Waals surface area (Å²) in [5, 5.41) is 5.53. The van der Waals surface area contributed by atoms with Crippen LogP contribution >= 0.6 is 0 Å². The van der Waals surface area contributed by atoms with Crippen LogP contribution in [0.2, 0.25) is 0 Å². The Kier molecular flexibility index (Phi) is 16.7. The van der Waals surface area contributed by atoms with Crippen LogP contribution in [-0.2, 0) is 28.5 Å². The van der Waals surface area contributed by atoms with Crippen molar-refractivity contribution in [3.05, 3.63) is 0 Å². The lowest BCUT2D eigenvalue weighted by Gasteiger charge is -2.14.